The number of carbonyl (C=O) groups is 2. The fourth-order valence-corrected chi connectivity index (χ4v) is 1.95. The standard InChI is InChI=1S/C18H19ClN2O4/c1-3-9-21-18(23)14(12-20)10-13-6-7-15(16(11-13)24-2)25-17(22)5-4-8-19/h3,6-7,10-11H,1,4-5,8-9H2,2H3,(H,21,23)/b14-10+. The molecule has 1 amide bonds. The van der Waals surface area contributed by atoms with Crippen LogP contribution in [0.5, 0.6) is 11.5 Å². The van der Waals surface area contributed by atoms with Gasteiger partial charge >= 0.3 is 5.97 Å². The molecule has 0 aliphatic rings. The predicted octanol–water partition coefficient (Wildman–Crippen LogP) is 2.83. The minimum atomic E-state index is -0.502. The molecule has 1 rings (SSSR count). The fourth-order valence-electron chi connectivity index (χ4n) is 1.82. The molecule has 1 N–H and O–H groups in total. The van der Waals surface area contributed by atoms with E-state index < -0.39 is 11.9 Å². The number of carbonyl (C=O) groups excluding carboxylic acids is 2. The average Bonchev–Trinajstić information content (AvgIpc) is 2.63. The predicted molar refractivity (Wildman–Crippen MR) is 95.4 cm³/mol. The van der Waals surface area contributed by atoms with Crippen molar-refractivity contribution in [1.29, 1.82) is 5.26 Å². The largest absolute Gasteiger partial charge is 0.493 e. The summed E-state index contributed by atoms with van der Waals surface area (Å²) in [6.45, 7) is 3.76. The lowest BCUT2D eigenvalue weighted by Gasteiger charge is -2.10. The highest BCUT2D eigenvalue weighted by Crippen LogP contribution is 2.29. The van der Waals surface area contributed by atoms with Crippen LogP contribution in [0.3, 0.4) is 0 Å². The zero-order valence-corrected chi connectivity index (χ0v) is 14.6. The topological polar surface area (TPSA) is 88.4 Å². The number of methoxy groups -OCH3 is 1. The molecule has 0 heterocycles. The van der Waals surface area contributed by atoms with Crippen LogP contribution >= 0.6 is 11.6 Å². The van der Waals surface area contributed by atoms with Crippen LogP contribution in [0.25, 0.3) is 6.08 Å². The van der Waals surface area contributed by atoms with E-state index in [9.17, 15) is 9.59 Å². The Bertz CT molecular complexity index is 708. The number of alkyl halides is 1. The van der Waals surface area contributed by atoms with E-state index in [1.807, 2.05) is 6.07 Å². The first-order chi connectivity index (χ1) is 12.0. The average molecular weight is 363 g/mol. The molecule has 0 aromatic heterocycles. The van der Waals surface area contributed by atoms with Gasteiger partial charge in [0.05, 0.1) is 7.11 Å². The molecular weight excluding hydrogens is 344 g/mol. The van der Waals surface area contributed by atoms with Crippen LogP contribution in [-0.4, -0.2) is 31.4 Å². The SMILES string of the molecule is C=CCNC(=O)/C(C#N)=C/c1ccc(OC(=O)CCCCl)c(OC)c1. The summed E-state index contributed by atoms with van der Waals surface area (Å²) in [5, 5.41) is 11.7. The van der Waals surface area contributed by atoms with Crippen LogP contribution < -0.4 is 14.8 Å². The molecule has 0 atom stereocenters. The second-order valence-electron chi connectivity index (χ2n) is 4.85. The second-order valence-corrected chi connectivity index (χ2v) is 5.22. The molecule has 6 nitrogen and oxygen atoms in total. The van der Waals surface area contributed by atoms with Crippen molar-refractivity contribution in [2.75, 3.05) is 19.5 Å². The van der Waals surface area contributed by atoms with E-state index in [1.54, 1.807) is 18.2 Å². The van der Waals surface area contributed by atoms with E-state index in [-0.39, 0.29) is 24.3 Å². The lowest BCUT2D eigenvalue weighted by molar-refractivity contribution is -0.134. The number of amides is 1. The van der Waals surface area contributed by atoms with E-state index in [4.69, 9.17) is 26.3 Å². The first-order valence-electron chi connectivity index (χ1n) is 7.51. The maximum atomic E-state index is 11.8. The number of hydrogen-bond acceptors (Lipinski definition) is 5. The summed E-state index contributed by atoms with van der Waals surface area (Å²) in [6, 6.07) is 6.57. The Morgan fingerprint density at radius 1 is 1.40 bits per heavy atom. The first kappa shape index (κ1) is 20.3. The molecule has 0 bridgehead atoms. The van der Waals surface area contributed by atoms with E-state index in [1.165, 1.54) is 19.3 Å². The molecule has 1 aromatic carbocycles. The summed E-state index contributed by atoms with van der Waals surface area (Å²) < 4.78 is 10.4. The van der Waals surface area contributed by atoms with Crippen LogP contribution in [-0.2, 0) is 9.59 Å². The molecular formula is C18H19ClN2O4. The normalized spacial score (nSPS) is 10.5. The molecule has 0 unspecified atom stereocenters. The van der Waals surface area contributed by atoms with Crippen molar-refractivity contribution >= 4 is 29.6 Å². The smallest absolute Gasteiger partial charge is 0.311 e. The fraction of sp³-hybridized carbons (Fsp3) is 0.278. The van der Waals surface area contributed by atoms with Gasteiger partial charge in [0.25, 0.3) is 5.91 Å². The number of rotatable bonds is 9. The van der Waals surface area contributed by atoms with Gasteiger partial charge in [0.15, 0.2) is 11.5 Å². The van der Waals surface area contributed by atoms with Crippen molar-refractivity contribution in [1.82, 2.24) is 5.32 Å². The van der Waals surface area contributed by atoms with Crippen molar-refractivity contribution in [3.05, 3.63) is 42.0 Å². The Morgan fingerprint density at radius 3 is 2.76 bits per heavy atom. The third-order valence-corrected chi connectivity index (χ3v) is 3.28. The molecule has 0 spiro atoms. The van der Waals surface area contributed by atoms with Crippen molar-refractivity contribution in [2.45, 2.75) is 12.8 Å². The van der Waals surface area contributed by atoms with Crippen LogP contribution in [0.2, 0.25) is 0 Å². The highest BCUT2D eigenvalue weighted by atomic mass is 35.5. The summed E-state index contributed by atoms with van der Waals surface area (Å²) >= 11 is 5.54. The lowest BCUT2D eigenvalue weighted by Crippen LogP contribution is -2.24. The molecule has 0 radical (unpaired) electrons. The molecule has 0 aliphatic carbocycles. The molecule has 25 heavy (non-hydrogen) atoms. The summed E-state index contributed by atoms with van der Waals surface area (Å²) in [5.41, 5.74) is 0.499. The van der Waals surface area contributed by atoms with Gasteiger partial charge in [-0.05, 0) is 30.2 Å². The van der Waals surface area contributed by atoms with Gasteiger partial charge in [0.1, 0.15) is 11.6 Å². The monoisotopic (exact) mass is 362 g/mol. The zero-order valence-electron chi connectivity index (χ0n) is 13.9. The van der Waals surface area contributed by atoms with Crippen molar-refractivity contribution < 1.29 is 19.1 Å². The number of nitriles is 1. The Morgan fingerprint density at radius 2 is 2.16 bits per heavy atom. The minimum Gasteiger partial charge on any atom is -0.493 e. The van der Waals surface area contributed by atoms with Gasteiger partial charge in [0, 0.05) is 18.8 Å². The maximum absolute atomic E-state index is 11.8. The van der Waals surface area contributed by atoms with Gasteiger partial charge in [-0.15, -0.1) is 18.2 Å². The number of nitrogens with zero attached hydrogens (tertiary/aromatic N) is 1. The summed E-state index contributed by atoms with van der Waals surface area (Å²) in [4.78, 5) is 23.5. The number of hydrogen-bond donors (Lipinski definition) is 1. The van der Waals surface area contributed by atoms with Crippen molar-refractivity contribution in [3.63, 3.8) is 0 Å². The van der Waals surface area contributed by atoms with Gasteiger partial charge in [-0.2, -0.15) is 5.26 Å². The summed E-state index contributed by atoms with van der Waals surface area (Å²) in [6.07, 6.45) is 3.66. The zero-order chi connectivity index (χ0) is 18.7. The highest BCUT2D eigenvalue weighted by molar-refractivity contribution is 6.17. The number of ether oxygens (including phenoxy) is 2. The third kappa shape index (κ3) is 6.69. The highest BCUT2D eigenvalue weighted by Gasteiger charge is 2.12. The van der Waals surface area contributed by atoms with Gasteiger partial charge in [-0.25, -0.2) is 0 Å². The summed E-state index contributed by atoms with van der Waals surface area (Å²) in [7, 11) is 1.43. The second kappa shape index (κ2) is 10.9. The van der Waals surface area contributed by atoms with E-state index in [2.05, 4.69) is 11.9 Å². The Kier molecular flexibility index (Phi) is 8.83. The van der Waals surface area contributed by atoms with Gasteiger partial charge in [-0.1, -0.05) is 12.1 Å². The molecule has 0 saturated heterocycles. The quantitative estimate of drug-likeness (QED) is 0.182. The Balaban J connectivity index is 2.97. The van der Waals surface area contributed by atoms with Gasteiger partial charge in [0.2, 0.25) is 0 Å². The lowest BCUT2D eigenvalue weighted by atomic mass is 10.1. The van der Waals surface area contributed by atoms with E-state index in [0.29, 0.717) is 23.6 Å². The number of nitrogens with one attached hydrogen (secondary N) is 1. The van der Waals surface area contributed by atoms with Crippen LogP contribution in [0.4, 0.5) is 0 Å². The Hall–Kier alpha value is -2.78. The van der Waals surface area contributed by atoms with Crippen LogP contribution in [0.1, 0.15) is 18.4 Å². The molecule has 1 aromatic rings. The molecule has 0 saturated carbocycles. The van der Waals surface area contributed by atoms with E-state index >= 15 is 0 Å². The third-order valence-electron chi connectivity index (χ3n) is 3.01. The van der Waals surface area contributed by atoms with E-state index in [0.717, 1.165) is 0 Å². The molecule has 0 aliphatic heterocycles. The molecule has 132 valence electrons. The number of esters is 1. The summed E-state index contributed by atoms with van der Waals surface area (Å²) in [5.74, 6) is 0.0354. The van der Waals surface area contributed by atoms with Crippen LogP contribution in [0.15, 0.2) is 36.4 Å². The molecule has 0 fully saturated rings. The minimum absolute atomic E-state index is 0.0595. The number of halogens is 1. The molecule has 7 heteroatoms. The van der Waals surface area contributed by atoms with Gasteiger partial charge in [-0.3, -0.25) is 9.59 Å². The van der Waals surface area contributed by atoms with Crippen molar-refractivity contribution in [2.24, 2.45) is 0 Å². The number of benzene rings is 1. The Labute approximate surface area is 151 Å². The van der Waals surface area contributed by atoms with Crippen molar-refractivity contribution in [3.8, 4) is 17.6 Å². The first-order valence-corrected chi connectivity index (χ1v) is 8.04. The van der Waals surface area contributed by atoms with Crippen LogP contribution in [0, 0.1) is 11.3 Å². The maximum Gasteiger partial charge on any atom is 0.311 e. The van der Waals surface area contributed by atoms with Gasteiger partial charge < -0.3 is 14.8 Å².